The van der Waals surface area contributed by atoms with Crippen LogP contribution in [-0.2, 0) is 0 Å². The highest BCUT2D eigenvalue weighted by Crippen LogP contribution is 2.50. The third kappa shape index (κ3) is 5.82. The highest BCUT2D eigenvalue weighted by molar-refractivity contribution is 6.18. The van der Waals surface area contributed by atoms with Crippen LogP contribution in [0.2, 0.25) is 0 Å². The molecule has 0 bridgehead atoms. The summed E-state index contributed by atoms with van der Waals surface area (Å²) >= 11 is 0. The second-order valence-corrected chi connectivity index (χ2v) is 14.9. The summed E-state index contributed by atoms with van der Waals surface area (Å²) in [6.07, 6.45) is 0. The van der Waals surface area contributed by atoms with E-state index >= 15 is 0 Å². The van der Waals surface area contributed by atoms with E-state index in [0.29, 0.717) is 0 Å². The number of anilines is 3. The minimum absolute atomic E-state index is 0.856. The number of furan rings is 1. The molecule has 0 radical (unpaired) electrons. The summed E-state index contributed by atoms with van der Waals surface area (Å²) in [5, 5.41) is 7.07. The van der Waals surface area contributed by atoms with Gasteiger partial charge in [0, 0.05) is 27.7 Å². The van der Waals surface area contributed by atoms with Gasteiger partial charge in [0.25, 0.3) is 0 Å². The van der Waals surface area contributed by atoms with E-state index in [0.717, 1.165) is 61.3 Å². The summed E-state index contributed by atoms with van der Waals surface area (Å²) in [4.78, 5) is 2.44. The molecular formula is C56H37NO. The Morgan fingerprint density at radius 1 is 0.310 bits per heavy atom. The third-order valence-electron chi connectivity index (χ3n) is 11.5. The van der Waals surface area contributed by atoms with E-state index in [4.69, 9.17) is 4.42 Å². The lowest BCUT2D eigenvalue weighted by Crippen LogP contribution is -2.11. The Labute approximate surface area is 337 Å². The Kier molecular flexibility index (Phi) is 8.19. The number of para-hydroxylation sites is 1. The number of hydrogen-bond donors (Lipinski definition) is 0. The van der Waals surface area contributed by atoms with E-state index in [1.807, 2.05) is 0 Å². The lowest BCUT2D eigenvalue weighted by Gasteiger charge is -2.29. The Morgan fingerprint density at radius 2 is 0.862 bits per heavy atom. The second kappa shape index (κ2) is 14.1. The van der Waals surface area contributed by atoms with E-state index < -0.39 is 0 Å². The zero-order valence-corrected chi connectivity index (χ0v) is 31.7. The number of hydrogen-bond acceptors (Lipinski definition) is 2. The van der Waals surface area contributed by atoms with Crippen molar-refractivity contribution in [1.82, 2.24) is 0 Å². The molecule has 2 nitrogen and oxygen atoms in total. The molecule has 0 spiro atoms. The minimum Gasteiger partial charge on any atom is -0.456 e. The molecule has 0 saturated carbocycles. The molecule has 10 aromatic carbocycles. The molecule has 0 atom stereocenters. The zero-order chi connectivity index (χ0) is 38.4. The Morgan fingerprint density at radius 3 is 1.60 bits per heavy atom. The number of nitrogens with zero attached hydrogens (tertiary/aromatic N) is 1. The van der Waals surface area contributed by atoms with Gasteiger partial charge in [0.2, 0.25) is 0 Å². The van der Waals surface area contributed by atoms with Crippen LogP contribution in [0.5, 0.6) is 0 Å². The van der Waals surface area contributed by atoms with Crippen LogP contribution in [0.3, 0.4) is 0 Å². The van der Waals surface area contributed by atoms with Gasteiger partial charge in [0.05, 0.1) is 5.69 Å². The molecule has 0 saturated heterocycles. The average Bonchev–Trinajstić information content (AvgIpc) is 3.69. The second-order valence-electron chi connectivity index (χ2n) is 14.9. The average molecular weight is 740 g/mol. The van der Waals surface area contributed by atoms with E-state index in [1.54, 1.807) is 0 Å². The van der Waals surface area contributed by atoms with Crippen LogP contribution in [-0.4, -0.2) is 0 Å². The molecule has 0 N–H and O–H groups in total. The normalized spacial score (nSPS) is 11.4. The first-order valence-electron chi connectivity index (χ1n) is 19.8. The van der Waals surface area contributed by atoms with Gasteiger partial charge in [-0.05, 0) is 109 Å². The molecular weight excluding hydrogens is 703 g/mol. The maximum atomic E-state index is 6.65. The fourth-order valence-corrected chi connectivity index (χ4v) is 8.68. The van der Waals surface area contributed by atoms with Crippen LogP contribution >= 0.6 is 0 Å². The first-order chi connectivity index (χ1) is 28.8. The SMILES string of the molecule is c1ccc(-c2ccc(N(c3ccc4ccc5ccccc5c4c3)c3ccc4oc5ccccc5c4c3-c3ccc(-c4ccccc4)cc3-c3ccccc3)cc2)cc1. The molecule has 0 unspecified atom stereocenters. The smallest absolute Gasteiger partial charge is 0.136 e. The molecule has 0 aliphatic rings. The van der Waals surface area contributed by atoms with Gasteiger partial charge in [-0.25, -0.2) is 0 Å². The van der Waals surface area contributed by atoms with Crippen molar-refractivity contribution >= 4 is 60.5 Å². The van der Waals surface area contributed by atoms with Crippen molar-refractivity contribution in [3.8, 4) is 44.5 Å². The van der Waals surface area contributed by atoms with Gasteiger partial charge in [-0.15, -0.1) is 0 Å². The molecule has 0 aliphatic heterocycles. The first kappa shape index (κ1) is 33.6. The van der Waals surface area contributed by atoms with E-state index in [2.05, 4.69) is 229 Å². The van der Waals surface area contributed by atoms with Crippen molar-refractivity contribution < 1.29 is 4.42 Å². The standard InChI is InChI=1S/C56H37NO/c1-4-14-38(15-5-1)40-26-30-45(31-27-40)57(46-32-28-43-25-24-42-20-10-11-21-47(42)51(43)37-46)52-34-35-54-56(49-22-12-13-23-53(49)58-54)55(52)48-33-29-44(39-16-6-2-7-17-39)36-50(48)41-18-8-3-9-19-41/h1-37H. The molecule has 0 aliphatic carbocycles. The molecule has 1 aromatic heterocycles. The molecule has 0 fully saturated rings. The van der Waals surface area contributed by atoms with Crippen molar-refractivity contribution in [1.29, 1.82) is 0 Å². The number of rotatable bonds is 7. The van der Waals surface area contributed by atoms with Crippen molar-refractivity contribution in [3.63, 3.8) is 0 Å². The van der Waals surface area contributed by atoms with E-state index in [9.17, 15) is 0 Å². The van der Waals surface area contributed by atoms with Crippen molar-refractivity contribution in [3.05, 3.63) is 224 Å². The highest BCUT2D eigenvalue weighted by atomic mass is 16.3. The summed E-state index contributed by atoms with van der Waals surface area (Å²) in [6.45, 7) is 0. The largest absolute Gasteiger partial charge is 0.456 e. The fraction of sp³-hybridized carbons (Fsp3) is 0. The third-order valence-corrected chi connectivity index (χ3v) is 11.5. The quantitative estimate of drug-likeness (QED) is 0.151. The fourth-order valence-electron chi connectivity index (χ4n) is 8.68. The monoisotopic (exact) mass is 739 g/mol. The van der Waals surface area contributed by atoms with Gasteiger partial charge < -0.3 is 9.32 Å². The highest BCUT2D eigenvalue weighted by Gasteiger charge is 2.25. The maximum absolute atomic E-state index is 6.65. The summed E-state index contributed by atoms with van der Waals surface area (Å²) < 4.78 is 6.65. The van der Waals surface area contributed by atoms with Crippen LogP contribution in [0.25, 0.3) is 88.0 Å². The molecule has 2 heteroatoms. The summed E-state index contributed by atoms with van der Waals surface area (Å²) in [5.41, 5.74) is 14.2. The lowest BCUT2D eigenvalue weighted by atomic mass is 9.88. The number of fused-ring (bicyclic) bond motifs is 6. The van der Waals surface area contributed by atoms with E-state index in [1.165, 1.54) is 43.8 Å². The predicted molar refractivity (Wildman–Crippen MR) is 245 cm³/mol. The maximum Gasteiger partial charge on any atom is 0.136 e. The predicted octanol–water partition coefficient (Wildman–Crippen LogP) is 16.0. The van der Waals surface area contributed by atoms with Gasteiger partial charge in [-0.1, -0.05) is 176 Å². The molecule has 11 rings (SSSR count). The summed E-state index contributed by atoms with van der Waals surface area (Å²) in [5.74, 6) is 0. The Balaban J connectivity index is 1.23. The van der Waals surface area contributed by atoms with Crippen molar-refractivity contribution in [2.75, 3.05) is 4.90 Å². The van der Waals surface area contributed by atoms with Gasteiger partial charge >= 0.3 is 0 Å². The van der Waals surface area contributed by atoms with Gasteiger partial charge in [-0.3, -0.25) is 0 Å². The van der Waals surface area contributed by atoms with Gasteiger partial charge in [0.15, 0.2) is 0 Å². The van der Waals surface area contributed by atoms with Crippen LogP contribution in [0.15, 0.2) is 229 Å². The minimum atomic E-state index is 0.856. The molecule has 11 aromatic rings. The number of benzene rings is 10. The van der Waals surface area contributed by atoms with Gasteiger partial charge in [0.1, 0.15) is 11.2 Å². The molecule has 0 amide bonds. The van der Waals surface area contributed by atoms with Crippen LogP contribution in [0.4, 0.5) is 17.1 Å². The molecule has 58 heavy (non-hydrogen) atoms. The van der Waals surface area contributed by atoms with Gasteiger partial charge in [-0.2, -0.15) is 0 Å². The first-order valence-corrected chi connectivity index (χ1v) is 19.8. The summed E-state index contributed by atoms with van der Waals surface area (Å²) in [6, 6.07) is 80.8. The van der Waals surface area contributed by atoms with Crippen molar-refractivity contribution in [2.45, 2.75) is 0 Å². The summed E-state index contributed by atoms with van der Waals surface area (Å²) in [7, 11) is 0. The Hall–Kier alpha value is -7.68. The van der Waals surface area contributed by atoms with Crippen LogP contribution in [0, 0.1) is 0 Å². The van der Waals surface area contributed by atoms with Crippen LogP contribution in [0.1, 0.15) is 0 Å². The zero-order valence-electron chi connectivity index (χ0n) is 31.7. The lowest BCUT2D eigenvalue weighted by molar-refractivity contribution is 0.669. The Bertz CT molecular complexity index is 3260. The van der Waals surface area contributed by atoms with E-state index in [-0.39, 0.29) is 0 Å². The topological polar surface area (TPSA) is 16.4 Å². The van der Waals surface area contributed by atoms with Crippen molar-refractivity contribution in [2.24, 2.45) is 0 Å². The molecule has 1 heterocycles. The van der Waals surface area contributed by atoms with Crippen LogP contribution < -0.4 is 4.90 Å². The molecule has 272 valence electrons.